The maximum atomic E-state index is 14.1. The Hall–Kier alpha value is -3.10. The van der Waals surface area contributed by atoms with Crippen molar-refractivity contribution in [2.45, 2.75) is 118 Å². The van der Waals surface area contributed by atoms with E-state index in [2.05, 4.69) is 10.6 Å². The average molecular weight is 533 g/mol. The van der Waals surface area contributed by atoms with Gasteiger partial charge in [0.25, 0.3) is 0 Å². The molecule has 1 aromatic carbocycles. The average Bonchev–Trinajstić information content (AvgIpc) is 2.78. The number of alkyl carbamates (subject to hydrolysis) is 1. The van der Waals surface area contributed by atoms with Crippen LogP contribution in [0.2, 0.25) is 0 Å². The number of ether oxygens (including phenoxy) is 1. The molecule has 1 rings (SSSR count). The molecule has 214 valence electrons. The lowest BCUT2D eigenvalue weighted by molar-refractivity contribution is -0.143. The summed E-state index contributed by atoms with van der Waals surface area (Å²) in [5.41, 5.74) is 7.25. The summed E-state index contributed by atoms with van der Waals surface area (Å²) >= 11 is 0. The predicted molar refractivity (Wildman–Crippen MR) is 149 cm³/mol. The largest absolute Gasteiger partial charge is 0.444 e. The minimum Gasteiger partial charge on any atom is -0.444 e. The third-order valence-electron chi connectivity index (χ3n) is 6.29. The van der Waals surface area contributed by atoms with E-state index in [4.69, 9.17) is 10.5 Å². The summed E-state index contributed by atoms with van der Waals surface area (Å²) in [6.07, 6.45) is 2.84. The molecule has 0 fully saturated rings. The molecule has 0 aliphatic carbocycles. The Morgan fingerprint density at radius 3 is 2.24 bits per heavy atom. The van der Waals surface area contributed by atoms with Gasteiger partial charge in [0.1, 0.15) is 17.7 Å². The third-order valence-corrected chi connectivity index (χ3v) is 6.29. The van der Waals surface area contributed by atoms with E-state index in [1.165, 1.54) is 4.90 Å². The first-order valence-corrected chi connectivity index (χ1v) is 13.7. The van der Waals surface area contributed by atoms with Crippen LogP contribution in [0.25, 0.3) is 0 Å². The number of carbonyl (C=O) groups excluding carboxylic acids is 4. The zero-order valence-electron chi connectivity index (χ0n) is 24.5. The molecule has 0 saturated heterocycles. The number of carbonyl (C=O) groups is 4. The highest BCUT2D eigenvalue weighted by Crippen LogP contribution is 2.28. The van der Waals surface area contributed by atoms with Crippen molar-refractivity contribution < 1.29 is 23.9 Å². The first-order chi connectivity index (χ1) is 17.7. The maximum Gasteiger partial charge on any atom is 0.408 e. The van der Waals surface area contributed by atoms with Crippen molar-refractivity contribution in [2.24, 2.45) is 5.73 Å². The van der Waals surface area contributed by atoms with Crippen molar-refractivity contribution in [1.29, 1.82) is 0 Å². The third kappa shape index (κ3) is 10.7. The highest BCUT2D eigenvalue weighted by atomic mass is 16.6. The molecule has 4 amide bonds. The Balaban J connectivity index is 3.59. The molecule has 3 unspecified atom stereocenters. The summed E-state index contributed by atoms with van der Waals surface area (Å²) in [5.74, 6) is -1.62. The van der Waals surface area contributed by atoms with Gasteiger partial charge in [-0.25, -0.2) is 4.79 Å². The van der Waals surface area contributed by atoms with Crippen LogP contribution in [0.5, 0.6) is 0 Å². The molecule has 0 heterocycles. The number of benzene rings is 1. The zero-order valence-corrected chi connectivity index (χ0v) is 24.5. The van der Waals surface area contributed by atoms with Gasteiger partial charge in [-0.3, -0.25) is 14.4 Å². The molecule has 4 N–H and O–H groups in total. The van der Waals surface area contributed by atoms with Crippen LogP contribution in [0.4, 0.5) is 4.79 Å². The van der Waals surface area contributed by atoms with Crippen molar-refractivity contribution >= 4 is 23.8 Å². The van der Waals surface area contributed by atoms with E-state index < -0.39 is 42.0 Å². The lowest BCUT2D eigenvalue weighted by Gasteiger charge is -2.35. The van der Waals surface area contributed by atoms with Gasteiger partial charge in [-0.1, -0.05) is 51.3 Å². The zero-order chi connectivity index (χ0) is 29.0. The Kier molecular flexibility index (Phi) is 13.3. The molecule has 0 saturated carbocycles. The fraction of sp³-hybridized carbons (Fsp3) is 0.655. The van der Waals surface area contributed by atoms with Crippen LogP contribution >= 0.6 is 0 Å². The highest BCUT2D eigenvalue weighted by molar-refractivity contribution is 5.94. The van der Waals surface area contributed by atoms with Crippen LogP contribution < -0.4 is 16.4 Å². The van der Waals surface area contributed by atoms with Gasteiger partial charge in [-0.15, -0.1) is 0 Å². The van der Waals surface area contributed by atoms with Gasteiger partial charge in [0.15, 0.2) is 0 Å². The Morgan fingerprint density at radius 2 is 1.68 bits per heavy atom. The number of amides is 4. The van der Waals surface area contributed by atoms with E-state index in [0.717, 1.165) is 36.8 Å². The number of unbranched alkanes of at least 4 members (excludes halogenated alkanes) is 2. The molecule has 0 aliphatic rings. The van der Waals surface area contributed by atoms with Gasteiger partial charge in [-0.2, -0.15) is 0 Å². The van der Waals surface area contributed by atoms with Crippen molar-refractivity contribution in [3.05, 3.63) is 34.9 Å². The van der Waals surface area contributed by atoms with Crippen LogP contribution in [0, 0.1) is 13.8 Å². The first kappa shape index (κ1) is 32.9. The lowest BCUT2D eigenvalue weighted by atomic mass is 9.94. The van der Waals surface area contributed by atoms with E-state index in [1.807, 2.05) is 52.8 Å². The normalized spacial score (nSPS) is 13.7. The molecule has 1 aromatic rings. The van der Waals surface area contributed by atoms with Gasteiger partial charge < -0.3 is 26.0 Å². The number of nitrogens with two attached hydrogens (primary N) is 1. The Morgan fingerprint density at radius 1 is 1.03 bits per heavy atom. The molecule has 0 aromatic heterocycles. The molecule has 0 aliphatic heterocycles. The number of aryl methyl sites for hydroxylation is 1. The molecule has 0 spiro atoms. The number of rotatable bonds is 14. The second kappa shape index (κ2) is 15.3. The summed E-state index contributed by atoms with van der Waals surface area (Å²) in [4.78, 5) is 53.9. The first-order valence-electron chi connectivity index (χ1n) is 13.7. The van der Waals surface area contributed by atoms with Crippen LogP contribution in [0.15, 0.2) is 18.2 Å². The summed E-state index contributed by atoms with van der Waals surface area (Å²) in [6, 6.07) is 3.35. The van der Waals surface area contributed by atoms with Gasteiger partial charge in [0, 0.05) is 12.6 Å². The molecule has 0 radical (unpaired) electrons. The molecule has 9 nitrogen and oxygen atoms in total. The van der Waals surface area contributed by atoms with E-state index in [1.54, 1.807) is 20.8 Å². The van der Waals surface area contributed by atoms with Gasteiger partial charge >= 0.3 is 6.09 Å². The van der Waals surface area contributed by atoms with Crippen molar-refractivity contribution in [1.82, 2.24) is 15.5 Å². The minimum atomic E-state index is -1.28. The van der Waals surface area contributed by atoms with Gasteiger partial charge in [0.2, 0.25) is 17.7 Å². The lowest BCUT2D eigenvalue weighted by Crippen LogP contribution is -2.54. The summed E-state index contributed by atoms with van der Waals surface area (Å²) in [5, 5.41) is 5.59. The van der Waals surface area contributed by atoms with E-state index in [0.29, 0.717) is 12.0 Å². The topological polar surface area (TPSA) is 131 Å². The molecule has 3 atom stereocenters. The van der Waals surface area contributed by atoms with Crippen molar-refractivity contribution in [2.75, 3.05) is 6.54 Å². The quantitative estimate of drug-likeness (QED) is 0.305. The number of hydrogen-bond donors (Lipinski definition) is 3. The summed E-state index contributed by atoms with van der Waals surface area (Å²) in [6.45, 7) is 15.3. The van der Waals surface area contributed by atoms with E-state index >= 15 is 0 Å². The van der Waals surface area contributed by atoms with E-state index in [9.17, 15) is 19.2 Å². The van der Waals surface area contributed by atoms with Crippen molar-refractivity contribution in [3.63, 3.8) is 0 Å². The van der Waals surface area contributed by atoms with Crippen LogP contribution in [-0.2, 0) is 19.1 Å². The molecule has 0 bridgehead atoms. The Labute approximate surface area is 228 Å². The number of primary amides is 1. The number of hydrogen-bond acceptors (Lipinski definition) is 5. The summed E-state index contributed by atoms with van der Waals surface area (Å²) < 4.78 is 5.33. The molecule has 38 heavy (non-hydrogen) atoms. The number of nitrogens with one attached hydrogen (secondary N) is 2. The minimum absolute atomic E-state index is 0.0889. The van der Waals surface area contributed by atoms with Crippen LogP contribution in [-0.4, -0.2) is 52.9 Å². The predicted octanol–water partition coefficient (Wildman–Crippen LogP) is 4.44. The Bertz CT molecular complexity index is 957. The van der Waals surface area contributed by atoms with Gasteiger partial charge in [-0.05, 0) is 71.1 Å². The van der Waals surface area contributed by atoms with Crippen LogP contribution in [0.3, 0.4) is 0 Å². The van der Waals surface area contributed by atoms with Gasteiger partial charge in [0.05, 0.1) is 6.42 Å². The highest BCUT2D eigenvalue weighted by Gasteiger charge is 2.37. The SMILES string of the molecule is CCCCCN(C(=O)C(CC(N)=O)NC(=O)OC(C)(C)C)C(C(=O)NC(C)CCC)c1cccc(C)c1C. The summed E-state index contributed by atoms with van der Waals surface area (Å²) in [7, 11) is 0. The fourth-order valence-electron chi connectivity index (χ4n) is 4.30. The second-order valence-electron chi connectivity index (χ2n) is 11.0. The fourth-order valence-corrected chi connectivity index (χ4v) is 4.30. The second-order valence-corrected chi connectivity index (χ2v) is 11.0. The van der Waals surface area contributed by atoms with E-state index in [-0.39, 0.29) is 18.5 Å². The van der Waals surface area contributed by atoms with Crippen molar-refractivity contribution in [3.8, 4) is 0 Å². The smallest absolute Gasteiger partial charge is 0.408 e. The standard InChI is InChI=1S/C29H48N4O5/c1-9-11-12-17-33(27(36)23(18-24(30)34)32-28(37)38-29(6,7)8)25(26(35)31-20(4)14-10-2)22-16-13-15-19(3)21(22)5/h13,15-16,20,23,25H,9-12,14,17-18H2,1-8H3,(H2,30,34)(H,31,35)(H,32,37). The molecular weight excluding hydrogens is 484 g/mol. The monoisotopic (exact) mass is 532 g/mol. The number of nitrogens with zero attached hydrogens (tertiary/aromatic N) is 1. The maximum absolute atomic E-state index is 14.1. The molecular formula is C29H48N4O5. The molecule has 9 heteroatoms. The van der Waals surface area contributed by atoms with Crippen LogP contribution in [0.1, 0.15) is 103 Å².